The number of benzene rings is 3. The normalized spacial score (nSPS) is 11.0. The highest BCUT2D eigenvalue weighted by atomic mass is 35.5. The van der Waals surface area contributed by atoms with Crippen molar-refractivity contribution in [3.8, 4) is 0 Å². The van der Waals surface area contributed by atoms with E-state index >= 15 is 0 Å². The lowest BCUT2D eigenvalue weighted by Gasteiger charge is -2.20. The van der Waals surface area contributed by atoms with Crippen LogP contribution in [0.25, 0.3) is 0 Å². The molecule has 0 bridgehead atoms. The van der Waals surface area contributed by atoms with Crippen LogP contribution in [0.5, 0.6) is 0 Å². The monoisotopic (exact) mass is 492 g/mol. The predicted molar refractivity (Wildman–Crippen MR) is 124 cm³/mol. The highest BCUT2D eigenvalue weighted by Crippen LogP contribution is 2.26. The summed E-state index contributed by atoms with van der Waals surface area (Å²) in [4.78, 5) is 24.4. The number of anilines is 2. The Morgan fingerprint density at radius 3 is 2.09 bits per heavy atom. The molecule has 1 N–H and O–H groups in total. The molecule has 0 aliphatic carbocycles. The molecule has 3 aromatic rings. The third-order valence-electron chi connectivity index (χ3n) is 4.60. The van der Waals surface area contributed by atoms with E-state index < -0.39 is 21.9 Å². The Morgan fingerprint density at radius 1 is 0.906 bits per heavy atom. The number of halogens is 2. The van der Waals surface area contributed by atoms with Crippen LogP contribution in [0.4, 0.5) is 11.4 Å². The lowest BCUT2D eigenvalue weighted by molar-refractivity contribution is 0.0600. The average molecular weight is 493 g/mol. The molecule has 32 heavy (non-hydrogen) atoms. The fourth-order valence-electron chi connectivity index (χ4n) is 2.79. The number of sulfonamides is 1. The first kappa shape index (κ1) is 23.6. The molecule has 3 rings (SSSR count). The van der Waals surface area contributed by atoms with Gasteiger partial charge in [-0.3, -0.25) is 9.10 Å². The van der Waals surface area contributed by atoms with Gasteiger partial charge in [-0.25, -0.2) is 13.2 Å². The van der Waals surface area contributed by atoms with Crippen molar-refractivity contribution < 1.29 is 22.7 Å². The Kier molecular flexibility index (Phi) is 7.08. The number of rotatable bonds is 6. The molecule has 0 radical (unpaired) electrons. The first-order chi connectivity index (χ1) is 15.1. The number of carbonyl (C=O) groups is 2. The van der Waals surface area contributed by atoms with Gasteiger partial charge in [-0.2, -0.15) is 0 Å². The van der Waals surface area contributed by atoms with E-state index in [2.05, 4.69) is 10.1 Å². The van der Waals surface area contributed by atoms with Crippen molar-refractivity contribution in [2.75, 3.05) is 23.8 Å². The average Bonchev–Trinajstić information content (AvgIpc) is 2.79. The van der Waals surface area contributed by atoms with Gasteiger partial charge < -0.3 is 10.1 Å². The Hall–Kier alpha value is -3.07. The molecule has 0 aromatic heterocycles. The maximum absolute atomic E-state index is 12.8. The minimum Gasteiger partial charge on any atom is -0.465 e. The summed E-state index contributed by atoms with van der Waals surface area (Å²) in [5, 5.41) is 3.31. The number of nitrogens with zero attached hydrogens (tertiary/aromatic N) is 1. The molecule has 0 heterocycles. The van der Waals surface area contributed by atoms with Gasteiger partial charge in [0.2, 0.25) is 0 Å². The summed E-state index contributed by atoms with van der Waals surface area (Å²) in [5.41, 5.74) is 1.11. The molecule has 10 heteroatoms. The van der Waals surface area contributed by atoms with E-state index in [1.165, 1.54) is 80.9 Å². The summed E-state index contributed by atoms with van der Waals surface area (Å²) in [6, 6.07) is 16.2. The zero-order chi connectivity index (χ0) is 23.5. The lowest BCUT2D eigenvalue weighted by Crippen LogP contribution is -2.26. The molecular weight excluding hydrogens is 475 g/mol. The van der Waals surface area contributed by atoms with Crippen molar-refractivity contribution in [2.24, 2.45) is 0 Å². The van der Waals surface area contributed by atoms with E-state index in [4.69, 9.17) is 23.2 Å². The van der Waals surface area contributed by atoms with Crippen LogP contribution in [0.15, 0.2) is 71.6 Å². The highest BCUT2D eigenvalue weighted by molar-refractivity contribution is 7.92. The zero-order valence-corrected chi connectivity index (χ0v) is 19.3. The second kappa shape index (κ2) is 9.60. The maximum Gasteiger partial charge on any atom is 0.337 e. The van der Waals surface area contributed by atoms with Crippen LogP contribution >= 0.6 is 23.2 Å². The van der Waals surface area contributed by atoms with Gasteiger partial charge in [-0.15, -0.1) is 0 Å². The van der Waals surface area contributed by atoms with Crippen LogP contribution in [0.3, 0.4) is 0 Å². The van der Waals surface area contributed by atoms with Gasteiger partial charge in [0.25, 0.3) is 15.9 Å². The highest BCUT2D eigenvalue weighted by Gasteiger charge is 2.21. The first-order valence-electron chi connectivity index (χ1n) is 9.17. The van der Waals surface area contributed by atoms with Crippen LogP contribution < -0.4 is 9.62 Å². The molecule has 0 saturated heterocycles. The van der Waals surface area contributed by atoms with Crippen LogP contribution in [-0.4, -0.2) is 34.5 Å². The van der Waals surface area contributed by atoms with Crippen molar-refractivity contribution in [3.05, 3.63) is 87.9 Å². The summed E-state index contributed by atoms with van der Waals surface area (Å²) >= 11 is 11.9. The van der Waals surface area contributed by atoms with E-state index in [-0.39, 0.29) is 26.7 Å². The van der Waals surface area contributed by atoms with Gasteiger partial charge in [0.15, 0.2) is 0 Å². The number of methoxy groups -OCH3 is 1. The predicted octanol–water partition coefficient (Wildman–Crippen LogP) is 4.86. The summed E-state index contributed by atoms with van der Waals surface area (Å²) in [7, 11) is -1.13. The third kappa shape index (κ3) is 5.04. The summed E-state index contributed by atoms with van der Waals surface area (Å²) < 4.78 is 31.4. The van der Waals surface area contributed by atoms with Gasteiger partial charge in [-0.05, 0) is 66.7 Å². The number of nitrogens with one attached hydrogen (secondary N) is 1. The van der Waals surface area contributed by atoms with Crippen molar-refractivity contribution >= 4 is 56.5 Å². The largest absolute Gasteiger partial charge is 0.465 e. The molecule has 0 saturated carbocycles. The van der Waals surface area contributed by atoms with Crippen LogP contribution in [0.1, 0.15) is 20.7 Å². The molecule has 0 fully saturated rings. The van der Waals surface area contributed by atoms with Crippen LogP contribution in [0, 0.1) is 0 Å². The Balaban J connectivity index is 1.79. The van der Waals surface area contributed by atoms with Gasteiger partial charge in [-0.1, -0.05) is 23.2 Å². The van der Waals surface area contributed by atoms with Gasteiger partial charge in [0.1, 0.15) is 0 Å². The molecule has 0 atom stereocenters. The number of hydrogen-bond donors (Lipinski definition) is 1. The van der Waals surface area contributed by atoms with E-state index in [9.17, 15) is 18.0 Å². The van der Waals surface area contributed by atoms with E-state index in [0.717, 1.165) is 4.31 Å². The van der Waals surface area contributed by atoms with E-state index in [1.807, 2.05) is 0 Å². The fourth-order valence-corrected chi connectivity index (χ4v) is 4.27. The van der Waals surface area contributed by atoms with Gasteiger partial charge in [0.05, 0.1) is 34.0 Å². The summed E-state index contributed by atoms with van der Waals surface area (Å²) in [6.45, 7) is 0. The van der Waals surface area contributed by atoms with Gasteiger partial charge in [0, 0.05) is 17.6 Å². The Bertz CT molecular complexity index is 1260. The number of esters is 1. The fraction of sp³-hybridized carbons (Fsp3) is 0.0909. The number of hydrogen-bond acceptors (Lipinski definition) is 5. The quantitative estimate of drug-likeness (QED) is 0.496. The standard InChI is InChI=1S/C22H18Cl2N2O5S/c1-26(32(29,30)18-10-6-16(23)7-11-18)17-8-3-14(4-9-17)21(27)25-20-13-15(22(28)31-2)5-12-19(20)24/h3-13H,1-2H3,(H,25,27). The zero-order valence-electron chi connectivity index (χ0n) is 17.0. The molecular formula is C22H18Cl2N2O5S. The smallest absolute Gasteiger partial charge is 0.337 e. The molecule has 0 unspecified atom stereocenters. The van der Waals surface area contributed by atoms with E-state index in [0.29, 0.717) is 10.7 Å². The van der Waals surface area contributed by atoms with Crippen molar-refractivity contribution in [2.45, 2.75) is 4.90 Å². The van der Waals surface area contributed by atoms with Crippen molar-refractivity contribution in [1.82, 2.24) is 0 Å². The minimum atomic E-state index is -3.80. The summed E-state index contributed by atoms with van der Waals surface area (Å²) in [5.74, 6) is -1.05. The maximum atomic E-state index is 12.8. The summed E-state index contributed by atoms with van der Waals surface area (Å²) in [6.07, 6.45) is 0. The molecule has 0 spiro atoms. The molecule has 0 aliphatic rings. The molecule has 7 nitrogen and oxygen atoms in total. The van der Waals surface area contributed by atoms with Gasteiger partial charge >= 0.3 is 5.97 Å². The second-order valence-corrected chi connectivity index (χ2v) is 9.43. The molecule has 0 aliphatic heterocycles. The first-order valence-corrected chi connectivity index (χ1v) is 11.4. The molecule has 166 valence electrons. The number of amides is 1. The number of carbonyl (C=O) groups excluding carboxylic acids is 2. The Morgan fingerprint density at radius 2 is 1.50 bits per heavy atom. The molecule has 1 amide bonds. The SMILES string of the molecule is COC(=O)c1ccc(Cl)c(NC(=O)c2ccc(N(C)S(=O)(=O)c3ccc(Cl)cc3)cc2)c1. The van der Waals surface area contributed by atoms with E-state index in [1.54, 1.807) is 0 Å². The van der Waals surface area contributed by atoms with Crippen molar-refractivity contribution in [3.63, 3.8) is 0 Å². The van der Waals surface area contributed by atoms with Crippen LogP contribution in [-0.2, 0) is 14.8 Å². The lowest BCUT2D eigenvalue weighted by atomic mass is 10.1. The minimum absolute atomic E-state index is 0.0892. The topological polar surface area (TPSA) is 92.8 Å². The van der Waals surface area contributed by atoms with Crippen molar-refractivity contribution in [1.29, 1.82) is 0 Å². The Labute approximate surface area is 195 Å². The molecule has 3 aromatic carbocycles. The van der Waals surface area contributed by atoms with Crippen LogP contribution in [0.2, 0.25) is 10.0 Å². The third-order valence-corrected chi connectivity index (χ3v) is 6.98. The second-order valence-electron chi connectivity index (χ2n) is 6.61. The number of ether oxygens (including phenoxy) is 1.